The predicted octanol–water partition coefficient (Wildman–Crippen LogP) is 8.70. The summed E-state index contributed by atoms with van der Waals surface area (Å²) in [5, 5.41) is 17.6. The third-order valence-electron chi connectivity index (χ3n) is 17.9. The van der Waals surface area contributed by atoms with E-state index in [1.54, 1.807) is 13.1 Å². The van der Waals surface area contributed by atoms with Gasteiger partial charge < -0.3 is 41.8 Å². The normalized spacial score (nSPS) is 32.0. The van der Waals surface area contributed by atoms with Gasteiger partial charge in [0.1, 0.15) is 11.6 Å². The van der Waals surface area contributed by atoms with Crippen molar-refractivity contribution in [3.05, 3.63) is 118 Å². The molecule has 3 aliphatic heterocycles. The zero-order chi connectivity index (χ0) is 51.5. The van der Waals surface area contributed by atoms with Crippen molar-refractivity contribution < 1.29 is 23.9 Å². The number of pyridine rings is 2. The molecule has 7 aliphatic rings. The Morgan fingerprint density at radius 3 is 2.65 bits per heavy atom. The number of nitrogen functional groups attached to an aromatic ring is 1. The molecule has 1 saturated carbocycles. The van der Waals surface area contributed by atoms with Crippen molar-refractivity contribution in [2.45, 2.75) is 146 Å². The topological polar surface area (TPSA) is 197 Å². The lowest BCUT2D eigenvalue weighted by Gasteiger charge is -2.41. The number of aliphatic imine (C=N–C) groups is 1. The number of fused-ring (bicyclic) bond motifs is 1. The van der Waals surface area contributed by atoms with E-state index in [1.807, 2.05) is 55.8 Å². The first-order chi connectivity index (χ1) is 35.9. The number of ketones is 2. The Labute approximate surface area is 438 Å². The molecule has 7 N–H and O–H groups in total. The Balaban J connectivity index is 1.02. The van der Waals surface area contributed by atoms with E-state index in [4.69, 9.17) is 15.2 Å². The molecule has 0 unspecified atom stereocenters. The second-order valence-corrected chi connectivity index (χ2v) is 23.2. The molecule has 3 aromatic rings. The van der Waals surface area contributed by atoms with E-state index in [1.165, 1.54) is 37.7 Å². The number of aromatic nitrogens is 2. The van der Waals surface area contributed by atoms with Gasteiger partial charge in [-0.1, -0.05) is 93.2 Å². The molecular weight excluding hydrogens is 927 g/mol. The number of ether oxygens (including phenoxy) is 2. The smallest absolute Gasteiger partial charge is 0.350 e. The number of hydrogen-bond donors (Lipinski definition) is 6. The molecule has 74 heavy (non-hydrogen) atoms. The molecule has 2 aromatic heterocycles. The van der Waals surface area contributed by atoms with Crippen LogP contribution < -0.4 is 32.3 Å². The van der Waals surface area contributed by atoms with E-state index < -0.39 is 28.5 Å². The highest BCUT2D eigenvalue weighted by Crippen LogP contribution is 2.60. The van der Waals surface area contributed by atoms with Gasteiger partial charge in [-0.15, -0.1) is 0 Å². The summed E-state index contributed by atoms with van der Waals surface area (Å²) in [6, 6.07) is 13.6. The standard InChI is InChI=1S/C60H79N9O5/c1-39(32-58(25-12-27-65-56(63-4)69-58)46-23-28-64-51(31-46)68-38-62-3)22-26-59-53(70)47-19-11-18-44-34-57(2,33-41-20-21-50(61)67-36-41)24-9-8-15-42-16-10-17-43-30-49(66-35-40-13-6-5-7-14-40)45(29-48(42)43)37-73-55(72)60(59,74-59)54(71)52(44)47/h10-11,17-23,28,30-31,36,40,42,45,48-49,62,66H,5-9,12-16,24-27,29,32-35,37-38H2,1-4H3,(H2,61,67)(H,64,68)(H2,63,65,69)/b39-22+/t42-,45-,48+,49+,57-,58-,59-,60-/m0/s1. The number of allylic oxidation sites excluding steroid dienone is 3. The molecule has 8 atom stereocenters. The molecule has 14 heteroatoms. The Morgan fingerprint density at radius 2 is 1.84 bits per heavy atom. The Bertz CT molecular complexity index is 2690. The maximum Gasteiger partial charge on any atom is 0.350 e. The Morgan fingerprint density at radius 1 is 0.986 bits per heavy atom. The minimum absolute atomic E-state index is 0.00271. The molecule has 4 aliphatic carbocycles. The first-order valence-electron chi connectivity index (χ1n) is 27.8. The van der Waals surface area contributed by atoms with Gasteiger partial charge in [-0.3, -0.25) is 14.6 Å². The first kappa shape index (κ1) is 51.8. The van der Waals surface area contributed by atoms with E-state index in [9.17, 15) is 0 Å². The van der Waals surface area contributed by atoms with E-state index in [2.05, 4.69) is 79.7 Å². The highest BCUT2D eigenvalue weighted by Gasteiger charge is 2.85. The van der Waals surface area contributed by atoms with Crippen molar-refractivity contribution in [2.24, 2.45) is 34.1 Å². The number of nitrogens with zero attached hydrogens (tertiary/aromatic N) is 3. The minimum atomic E-state index is -2.13. The molecule has 5 heterocycles. The van der Waals surface area contributed by atoms with Crippen LogP contribution in [-0.4, -0.2) is 91.2 Å². The third-order valence-corrected chi connectivity index (χ3v) is 17.9. The quantitative estimate of drug-likeness (QED) is 0.0313. The molecule has 1 aromatic carbocycles. The Hall–Kier alpha value is -5.70. The molecule has 10 rings (SSSR count). The van der Waals surface area contributed by atoms with Crippen molar-refractivity contribution in [3.63, 3.8) is 0 Å². The summed E-state index contributed by atoms with van der Waals surface area (Å²) in [5.74, 6) is 1.74. The number of epoxide rings is 1. The number of rotatable bonds is 13. The summed E-state index contributed by atoms with van der Waals surface area (Å²) in [4.78, 5) is 60.3. The first-order valence-corrected chi connectivity index (χ1v) is 27.8. The zero-order valence-electron chi connectivity index (χ0n) is 44.2. The van der Waals surface area contributed by atoms with Crippen LogP contribution in [0.1, 0.15) is 148 Å². The van der Waals surface area contributed by atoms with Crippen molar-refractivity contribution in [3.8, 4) is 0 Å². The summed E-state index contributed by atoms with van der Waals surface area (Å²) in [6.45, 7) is 6.69. The van der Waals surface area contributed by atoms with Gasteiger partial charge in [-0.25, -0.2) is 14.8 Å². The van der Waals surface area contributed by atoms with Crippen LogP contribution in [0.4, 0.5) is 11.6 Å². The summed E-state index contributed by atoms with van der Waals surface area (Å²) < 4.78 is 13.2. The highest BCUT2D eigenvalue weighted by molar-refractivity contribution is 6.33. The summed E-state index contributed by atoms with van der Waals surface area (Å²) >= 11 is 0. The van der Waals surface area contributed by atoms with Crippen LogP contribution in [-0.2, 0) is 32.6 Å². The van der Waals surface area contributed by atoms with E-state index >= 15 is 14.4 Å². The second-order valence-electron chi connectivity index (χ2n) is 23.2. The summed E-state index contributed by atoms with van der Waals surface area (Å²) in [7, 11) is 3.65. The van der Waals surface area contributed by atoms with E-state index in [-0.39, 0.29) is 41.7 Å². The number of hydrogen-bond acceptors (Lipinski definition) is 12. The minimum Gasteiger partial charge on any atom is -0.463 e. The fourth-order valence-corrected chi connectivity index (χ4v) is 13.9. The number of carbonyl (C=O) groups is 3. The van der Waals surface area contributed by atoms with Gasteiger partial charge in [-0.05, 0) is 155 Å². The van der Waals surface area contributed by atoms with Gasteiger partial charge in [0, 0.05) is 55.5 Å². The molecule has 0 amide bonds. The number of anilines is 2. The van der Waals surface area contributed by atoms with Gasteiger partial charge in [0.15, 0.2) is 17.3 Å². The summed E-state index contributed by atoms with van der Waals surface area (Å²) in [6.07, 6.45) is 28.5. The number of Topliss-reactive ketones (excluding diaryl/α,β-unsaturated/α-hetero) is 2. The van der Waals surface area contributed by atoms with Crippen LogP contribution in [0.25, 0.3) is 0 Å². The molecule has 4 bridgehead atoms. The van der Waals surface area contributed by atoms with Crippen LogP contribution in [0.5, 0.6) is 0 Å². The fraction of sp³-hybridized carbons (Fsp3) is 0.567. The van der Waals surface area contributed by atoms with E-state index in [0.717, 1.165) is 92.5 Å². The van der Waals surface area contributed by atoms with Crippen LogP contribution in [0.3, 0.4) is 0 Å². The lowest BCUT2D eigenvalue weighted by molar-refractivity contribution is -0.150. The number of guanidine groups is 1. The maximum absolute atomic E-state index is 15.8. The largest absolute Gasteiger partial charge is 0.463 e. The van der Waals surface area contributed by atoms with E-state index in [0.29, 0.717) is 61.0 Å². The molecule has 2 saturated heterocycles. The van der Waals surface area contributed by atoms with Crippen LogP contribution in [0.2, 0.25) is 0 Å². The number of nitrogens with two attached hydrogens (primary N) is 1. The van der Waals surface area contributed by atoms with Crippen molar-refractivity contribution in [1.82, 2.24) is 31.2 Å². The molecule has 1 spiro atoms. The van der Waals surface area contributed by atoms with Crippen LogP contribution >= 0.6 is 0 Å². The molecular formula is C60H79N9O5. The maximum atomic E-state index is 15.8. The van der Waals surface area contributed by atoms with Crippen LogP contribution in [0, 0.1) is 29.1 Å². The predicted molar refractivity (Wildman–Crippen MR) is 291 cm³/mol. The van der Waals surface area contributed by atoms with Gasteiger partial charge >= 0.3 is 5.97 Å². The molecule has 394 valence electrons. The van der Waals surface area contributed by atoms with Crippen molar-refractivity contribution >= 4 is 35.1 Å². The molecule has 14 nitrogen and oxygen atoms in total. The van der Waals surface area contributed by atoms with Crippen molar-refractivity contribution in [1.29, 1.82) is 0 Å². The summed E-state index contributed by atoms with van der Waals surface area (Å²) in [5.41, 5.74) is 7.02. The van der Waals surface area contributed by atoms with Gasteiger partial charge in [-0.2, -0.15) is 0 Å². The number of carbonyl (C=O) groups excluding carboxylic acids is 3. The fourth-order valence-electron chi connectivity index (χ4n) is 13.9. The van der Waals surface area contributed by atoms with Gasteiger partial charge in [0.2, 0.25) is 5.78 Å². The number of esters is 1. The Kier molecular flexibility index (Phi) is 15.3. The average Bonchev–Trinajstić information content (AvgIpc) is 4.17. The van der Waals surface area contributed by atoms with Gasteiger partial charge in [0.25, 0.3) is 5.60 Å². The monoisotopic (exact) mass is 1010 g/mol. The second kappa shape index (κ2) is 21.9. The number of nitrogens with one attached hydrogen (secondary N) is 5. The third kappa shape index (κ3) is 10.3. The number of benzene rings is 1. The van der Waals surface area contributed by atoms with Crippen molar-refractivity contribution in [2.75, 3.05) is 51.5 Å². The van der Waals surface area contributed by atoms with Gasteiger partial charge in [0.05, 0.1) is 18.8 Å². The average molecular weight is 1010 g/mol. The SMILES string of the molecule is CN=C1NCCC[C@](C/C(C)=C/C[C@@]23O[C@@]24C(=O)OC[C@@H]2C[C@H]5C(=C[C@H]2NCC2CCCCC2)C=CC[C@@H]5CCCC[C@@](C)(Cc2ccc(N)nc2)Cc2cccc(c2C4=O)C3=O)(c2ccnc(NCNC)c2)N1. The highest BCUT2D eigenvalue weighted by atomic mass is 16.7. The number of cyclic esters (lactones) is 1. The lowest BCUT2D eigenvalue weighted by Crippen LogP contribution is -2.52. The molecule has 0 radical (unpaired) electrons. The zero-order valence-corrected chi connectivity index (χ0v) is 44.2. The van der Waals surface area contributed by atoms with Crippen LogP contribution in [0.15, 0.2) is 95.3 Å². The molecule has 3 fully saturated rings. The lowest BCUT2D eigenvalue weighted by atomic mass is 9.67.